The summed E-state index contributed by atoms with van der Waals surface area (Å²) in [5, 5.41) is 8.62. The maximum atomic E-state index is 8.62. The van der Waals surface area contributed by atoms with Crippen molar-refractivity contribution in [3.63, 3.8) is 0 Å². The Hall–Kier alpha value is -0.160. The zero-order valence-corrected chi connectivity index (χ0v) is 10.5. The first-order valence-electron chi connectivity index (χ1n) is 6.24. The van der Waals surface area contributed by atoms with Gasteiger partial charge >= 0.3 is 0 Å². The van der Waals surface area contributed by atoms with Crippen molar-refractivity contribution in [2.24, 2.45) is 5.92 Å². The normalized spacial score (nSPS) is 22.9. The fourth-order valence-electron chi connectivity index (χ4n) is 2.09. The maximum Gasteiger partial charge on any atom is 0.0698 e. The maximum absolute atomic E-state index is 8.62. The first-order valence-corrected chi connectivity index (χ1v) is 6.24. The largest absolute Gasteiger partial charge is 0.394 e. The molecule has 0 aromatic heterocycles. The molecule has 0 radical (unpaired) electrons. The predicted molar refractivity (Wildman–Crippen MR) is 63.5 cm³/mol. The summed E-state index contributed by atoms with van der Waals surface area (Å²) < 4.78 is 10.8. The Labute approximate surface area is 98.5 Å². The van der Waals surface area contributed by atoms with Gasteiger partial charge in [0, 0.05) is 19.1 Å². The quantitative estimate of drug-likeness (QED) is 0.656. The number of aliphatic hydroxyl groups excluding tert-OH is 1. The Morgan fingerprint density at radius 3 is 2.94 bits per heavy atom. The summed E-state index contributed by atoms with van der Waals surface area (Å²) in [7, 11) is 0. The molecule has 0 aromatic carbocycles. The smallest absolute Gasteiger partial charge is 0.0698 e. The van der Waals surface area contributed by atoms with Crippen LogP contribution in [0.2, 0.25) is 0 Å². The molecule has 96 valence electrons. The second kappa shape index (κ2) is 8.01. The highest BCUT2D eigenvalue weighted by atomic mass is 16.5. The van der Waals surface area contributed by atoms with Crippen molar-refractivity contribution >= 4 is 0 Å². The van der Waals surface area contributed by atoms with Gasteiger partial charge in [0.25, 0.3) is 0 Å². The third-order valence-electron chi connectivity index (χ3n) is 2.85. The van der Waals surface area contributed by atoms with E-state index < -0.39 is 0 Å². The van der Waals surface area contributed by atoms with Crippen molar-refractivity contribution < 1.29 is 14.6 Å². The minimum absolute atomic E-state index is 0.110. The molecule has 1 aliphatic heterocycles. The number of nitrogens with zero attached hydrogens (tertiary/aromatic N) is 1. The lowest BCUT2D eigenvalue weighted by Crippen LogP contribution is -2.47. The first-order chi connectivity index (χ1) is 7.74. The Morgan fingerprint density at radius 2 is 2.25 bits per heavy atom. The van der Waals surface area contributed by atoms with Gasteiger partial charge < -0.3 is 14.6 Å². The molecule has 4 heteroatoms. The third kappa shape index (κ3) is 5.25. The Bertz CT molecular complexity index is 176. The monoisotopic (exact) mass is 231 g/mol. The van der Waals surface area contributed by atoms with Crippen LogP contribution in [0.4, 0.5) is 0 Å². The summed E-state index contributed by atoms with van der Waals surface area (Å²) in [6, 6.07) is 0.534. The highest BCUT2D eigenvalue weighted by Crippen LogP contribution is 2.15. The molecule has 0 aliphatic carbocycles. The van der Waals surface area contributed by atoms with Gasteiger partial charge in [-0.05, 0) is 12.3 Å². The van der Waals surface area contributed by atoms with Gasteiger partial charge in [-0.2, -0.15) is 0 Å². The molecule has 1 heterocycles. The van der Waals surface area contributed by atoms with Crippen LogP contribution in [0.3, 0.4) is 0 Å². The topological polar surface area (TPSA) is 41.9 Å². The average molecular weight is 231 g/mol. The average Bonchev–Trinajstić information content (AvgIpc) is 2.26. The fraction of sp³-hybridized carbons (Fsp3) is 1.00. The van der Waals surface area contributed by atoms with E-state index in [-0.39, 0.29) is 6.61 Å². The molecule has 1 fully saturated rings. The van der Waals surface area contributed by atoms with Crippen molar-refractivity contribution in [3.05, 3.63) is 0 Å². The van der Waals surface area contributed by atoms with E-state index in [2.05, 4.69) is 18.7 Å². The molecular formula is C12H25NO3. The highest BCUT2D eigenvalue weighted by molar-refractivity contribution is 4.76. The number of rotatable bonds is 7. The van der Waals surface area contributed by atoms with Crippen molar-refractivity contribution in [2.75, 3.05) is 46.1 Å². The Balaban J connectivity index is 2.23. The molecule has 0 bridgehead atoms. The van der Waals surface area contributed by atoms with E-state index in [1.807, 2.05) is 0 Å². The Morgan fingerprint density at radius 1 is 1.44 bits per heavy atom. The van der Waals surface area contributed by atoms with Gasteiger partial charge in [-0.3, -0.25) is 4.90 Å². The zero-order valence-electron chi connectivity index (χ0n) is 10.5. The molecule has 0 aromatic rings. The molecule has 0 amide bonds. The van der Waals surface area contributed by atoms with Crippen LogP contribution in [0, 0.1) is 5.92 Å². The van der Waals surface area contributed by atoms with E-state index in [1.165, 1.54) is 6.42 Å². The van der Waals surface area contributed by atoms with E-state index in [9.17, 15) is 0 Å². The summed E-state index contributed by atoms with van der Waals surface area (Å²) in [6.07, 6.45) is 1.18. The zero-order chi connectivity index (χ0) is 11.8. The van der Waals surface area contributed by atoms with E-state index in [0.717, 1.165) is 26.3 Å². The SMILES string of the molecule is CC(C)CC1COCCN1CCOCCO. The standard InChI is InChI=1S/C12H25NO3/c1-11(2)9-12-10-16-7-4-13(12)3-6-15-8-5-14/h11-12,14H,3-10H2,1-2H3. The molecule has 0 spiro atoms. The third-order valence-corrected chi connectivity index (χ3v) is 2.85. The van der Waals surface area contributed by atoms with Crippen LogP contribution in [0.1, 0.15) is 20.3 Å². The number of hydrogen-bond acceptors (Lipinski definition) is 4. The number of hydrogen-bond donors (Lipinski definition) is 1. The lowest BCUT2D eigenvalue weighted by Gasteiger charge is -2.36. The van der Waals surface area contributed by atoms with E-state index in [4.69, 9.17) is 14.6 Å². The van der Waals surface area contributed by atoms with Gasteiger partial charge in [0.05, 0.1) is 33.0 Å². The van der Waals surface area contributed by atoms with Crippen molar-refractivity contribution in [3.8, 4) is 0 Å². The number of aliphatic hydroxyl groups is 1. The lowest BCUT2D eigenvalue weighted by molar-refractivity contribution is -0.0283. The molecule has 1 rings (SSSR count). The summed E-state index contributed by atoms with van der Waals surface area (Å²) in [6.45, 7) is 9.37. The van der Waals surface area contributed by atoms with Crippen molar-refractivity contribution in [1.82, 2.24) is 4.90 Å². The fourth-order valence-corrected chi connectivity index (χ4v) is 2.09. The molecule has 1 atom stereocenters. The van der Waals surface area contributed by atoms with Crippen LogP contribution in [0.5, 0.6) is 0 Å². The van der Waals surface area contributed by atoms with Gasteiger partial charge in [-0.1, -0.05) is 13.8 Å². The second-order valence-corrected chi connectivity index (χ2v) is 4.73. The van der Waals surface area contributed by atoms with Crippen LogP contribution >= 0.6 is 0 Å². The van der Waals surface area contributed by atoms with Crippen LogP contribution < -0.4 is 0 Å². The van der Waals surface area contributed by atoms with Gasteiger partial charge in [0.2, 0.25) is 0 Å². The van der Waals surface area contributed by atoms with Crippen LogP contribution in [-0.2, 0) is 9.47 Å². The number of ether oxygens (including phenoxy) is 2. The van der Waals surface area contributed by atoms with Gasteiger partial charge in [0.15, 0.2) is 0 Å². The molecule has 16 heavy (non-hydrogen) atoms. The Kier molecular flexibility index (Phi) is 6.96. The molecule has 0 saturated carbocycles. The van der Waals surface area contributed by atoms with Crippen molar-refractivity contribution in [2.45, 2.75) is 26.3 Å². The molecule has 1 aliphatic rings. The molecule has 1 N–H and O–H groups in total. The summed E-state index contributed by atoms with van der Waals surface area (Å²) in [4.78, 5) is 2.45. The summed E-state index contributed by atoms with van der Waals surface area (Å²) in [5.74, 6) is 0.701. The van der Waals surface area contributed by atoms with E-state index in [0.29, 0.717) is 25.2 Å². The molecule has 1 unspecified atom stereocenters. The van der Waals surface area contributed by atoms with E-state index >= 15 is 0 Å². The first kappa shape index (κ1) is 13.9. The van der Waals surface area contributed by atoms with Crippen LogP contribution in [0.15, 0.2) is 0 Å². The summed E-state index contributed by atoms with van der Waals surface area (Å²) in [5.41, 5.74) is 0. The minimum atomic E-state index is 0.110. The second-order valence-electron chi connectivity index (χ2n) is 4.73. The van der Waals surface area contributed by atoms with Gasteiger partial charge in [-0.25, -0.2) is 0 Å². The van der Waals surface area contributed by atoms with Gasteiger partial charge in [-0.15, -0.1) is 0 Å². The predicted octanol–water partition coefficient (Wildman–Crippen LogP) is 0.742. The number of morpholine rings is 1. The van der Waals surface area contributed by atoms with Crippen LogP contribution in [-0.4, -0.2) is 62.2 Å². The molecule has 1 saturated heterocycles. The van der Waals surface area contributed by atoms with Crippen LogP contribution in [0.25, 0.3) is 0 Å². The lowest BCUT2D eigenvalue weighted by atomic mass is 10.0. The van der Waals surface area contributed by atoms with E-state index in [1.54, 1.807) is 0 Å². The highest BCUT2D eigenvalue weighted by Gasteiger charge is 2.23. The minimum Gasteiger partial charge on any atom is -0.394 e. The summed E-state index contributed by atoms with van der Waals surface area (Å²) >= 11 is 0. The molecular weight excluding hydrogens is 206 g/mol. The van der Waals surface area contributed by atoms with Crippen molar-refractivity contribution in [1.29, 1.82) is 0 Å². The molecule has 4 nitrogen and oxygen atoms in total. The van der Waals surface area contributed by atoms with Gasteiger partial charge in [0.1, 0.15) is 0 Å².